The van der Waals surface area contributed by atoms with Crippen LogP contribution in [0, 0.1) is 10.1 Å². The molecule has 1 saturated heterocycles. The minimum atomic E-state index is -0.869. The highest BCUT2D eigenvalue weighted by Crippen LogP contribution is 2.02. The van der Waals surface area contributed by atoms with Crippen molar-refractivity contribution in [3.8, 4) is 0 Å². The summed E-state index contributed by atoms with van der Waals surface area (Å²) in [5, 5.41) is 10.6. The van der Waals surface area contributed by atoms with Crippen LogP contribution in [0.15, 0.2) is 0 Å². The molecule has 0 aromatic rings. The van der Waals surface area contributed by atoms with Gasteiger partial charge >= 0.3 is 5.97 Å². The Bertz CT molecular complexity index is 265. The number of hydrogen-bond donors (Lipinski definition) is 0. The highest BCUT2D eigenvalue weighted by atomic mass is 16.9. The number of nitrogens with zero attached hydrogens (tertiary/aromatic N) is 3. The van der Waals surface area contributed by atoms with Crippen LogP contribution in [0.4, 0.5) is 0 Å². The number of hydrogen-bond acceptors (Lipinski definition) is 7. The van der Waals surface area contributed by atoms with Gasteiger partial charge in [-0.25, -0.2) is 0 Å². The molecule has 1 aliphatic heterocycles. The smallest absolute Gasteiger partial charge is 0.325 e. The molecular weight excluding hydrogens is 230 g/mol. The van der Waals surface area contributed by atoms with Gasteiger partial charge in [-0.2, -0.15) is 0 Å². The zero-order valence-corrected chi connectivity index (χ0v) is 9.83. The van der Waals surface area contributed by atoms with Crippen LogP contribution < -0.4 is 0 Å². The maximum atomic E-state index is 11.3. The second-order valence-corrected chi connectivity index (χ2v) is 3.86. The van der Waals surface area contributed by atoms with Gasteiger partial charge in [0, 0.05) is 32.6 Å². The normalized spacial score (nSPS) is 17.7. The first-order valence-corrected chi connectivity index (χ1v) is 5.49. The second-order valence-electron chi connectivity index (χ2n) is 3.86. The highest BCUT2D eigenvalue weighted by Gasteiger charge is 2.17. The molecule has 1 heterocycles. The van der Waals surface area contributed by atoms with Gasteiger partial charge in [0.2, 0.25) is 0 Å². The summed E-state index contributed by atoms with van der Waals surface area (Å²) in [5.74, 6) is -0.374. The Morgan fingerprint density at radius 1 is 1.35 bits per heavy atom. The molecule has 0 atom stereocenters. The molecule has 0 aromatic heterocycles. The largest absolute Gasteiger partial charge is 0.368 e. The summed E-state index contributed by atoms with van der Waals surface area (Å²) in [6, 6.07) is 0. The van der Waals surface area contributed by atoms with Gasteiger partial charge in [-0.3, -0.25) is 4.79 Å². The zero-order chi connectivity index (χ0) is 12.7. The molecule has 1 rings (SSSR count). The maximum absolute atomic E-state index is 11.3. The molecular formula is C9H17N3O5. The van der Waals surface area contributed by atoms with Crippen molar-refractivity contribution >= 4 is 5.97 Å². The Balaban J connectivity index is 2.06. The van der Waals surface area contributed by atoms with Crippen LogP contribution in [0.1, 0.15) is 12.8 Å². The van der Waals surface area contributed by atoms with Gasteiger partial charge < -0.3 is 14.6 Å². The standard InChI is InChI=1S/C9H17N3O5/c1-10-4-6-11(7-5-10)17-9(13)3-2-8-16-12(14)15/h2-8H2,1H3. The first-order valence-electron chi connectivity index (χ1n) is 5.49. The molecule has 1 fully saturated rings. The van der Waals surface area contributed by atoms with Crippen molar-refractivity contribution in [3.63, 3.8) is 0 Å². The van der Waals surface area contributed by atoms with Crippen LogP contribution in [0.25, 0.3) is 0 Å². The number of carbonyl (C=O) groups is 1. The van der Waals surface area contributed by atoms with E-state index in [-0.39, 0.29) is 25.4 Å². The van der Waals surface area contributed by atoms with E-state index in [1.54, 1.807) is 5.06 Å². The van der Waals surface area contributed by atoms with E-state index in [0.717, 1.165) is 13.1 Å². The summed E-state index contributed by atoms with van der Waals surface area (Å²) in [6.45, 7) is 3.02. The Morgan fingerprint density at radius 2 is 2.00 bits per heavy atom. The Hall–Kier alpha value is -1.41. The summed E-state index contributed by atoms with van der Waals surface area (Å²) in [6.07, 6.45) is 0.410. The van der Waals surface area contributed by atoms with E-state index >= 15 is 0 Å². The average molecular weight is 247 g/mol. The van der Waals surface area contributed by atoms with Gasteiger partial charge in [0.05, 0.1) is 6.61 Å². The molecule has 0 spiro atoms. The molecule has 0 saturated carbocycles. The lowest BCUT2D eigenvalue weighted by atomic mass is 10.3. The Kier molecular flexibility index (Phi) is 5.64. The van der Waals surface area contributed by atoms with Crippen LogP contribution in [0.2, 0.25) is 0 Å². The van der Waals surface area contributed by atoms with E-state index < -0.39 is 5.09 Å². The molecule has 0 aliphatic carbocycles. The fourth-order valence-electron chi connectivity index (χ4n) is 1.42. The third-order valence-electron chi connectivity index (χ3n) is 2.42. The van der Waals surface area contributed by atoms with Crippen molar-refractivity contribution in [3.05, 3.63) is 10.1 Å². The van der Waals surface area contributed by atoms with E-state index in [1.165, 1.54) is 0 Å². The van der Waals surface area contributed by atoms with Crippen molar-refractivity contribution in [2.75, 3.05) is 39.8 Å². The number of carbonyl (C=O) groups excluding carboxylic acids is 1. The Morgan fingerprint density at radius 3 is 2.59 bits per heavy atom. The monoisotopic (exact) mass is 247 g/mol. The van der Waals surface area contributed by atoms with Gasteiger partial charge in [0.15, 0.2) is 0 Å². The molecule has 8 nitrogen and oxygen atoms in total. The maximum Gasteiger partial charge on any atom is 0.325 e. The molecule has 0 unspecified atom stereocenters. The summed E-state index contributed by atoms with van der Waals surface area (Å²) < 4.78 is 0. The zero-order valence-electron chi connectivity index (χ0n) is 9.83. The first-order chi connectivity index (χ1) is 8.08. The molecule has 17 heavy (non-hydrogen) atoms. The molecule has 98 valence electrons. The number of likely N-dealkylation sites (N-methyl/N-ethyl adjacent to an activating group) is 1. The number of hydroxylamine groups is 2. The van der Waals surface area contributed by atoms with Crippen molar-refractivity contribution < 1.29 is 19.6 Å². The lowest BCUT2D eigenvalue weighted by Crippen LogP contribution is -2.45. The third-order valence-corrected chi connectivity index (χ3v) is 2.42. The van der Waals surface area contributed by atoms with Crippen LogP contribution >= 0.6 is 0 Å². The van der Waals surface area contributed by atoms with Gasteiger partial charge in [0.25, 0.3) is 5.09 Å². The van der Waals surface area contributed by atoms with Crippen molar-refractivity contribution in [1.82, 2.24) is 9.96 Å². The molecule has 0 N–H and O–H groups in total. The van der Waals surface area contributed by atoms with Crippen LogP contribution in [-0.2, 0) is 14.5 Å². The van der Waals surface area contributed by atoms with E-state index in [0.29, 0.717) is 13.1 Å². The highest BCUT2D eigenvalue weighted by molar-refractivity contribution is 5.68. The van der Waals surface area contributed by atoms with Crippen molar-refractivity contribution in [2.45, 2.75) is 12.8 Å². The van der Waals surface area contributed by atoms with Crippen molar-refractivity contribution in [1.29, 1.82) is 0 Å². The van der Waals surface area contributed by atoms with E-state index in [2.05, 4.69) is 9.74 Å². The fourth-order valence-corrected chi connectivity index (χ4v) is 1.42. The number of rotatable bonds is 6. The van der Waals surface area contributed by atoms with Gasteiger partial charge in [-0.1, -0.05) is 0 Å². The van der Waals surface area contributed by atoms with E-state index in [1.807, 2.05) is 7.05 Å². The predicted molar refractivity (Wildman–Crippen MR) is 57.3 cm³/mol. The predicted octanol–water partition coefficient (Wildman–Crippen LogP) is -0.319. The topological polar surface area (TPSA) is 85.2 Å². The Labute approximate surface area is 99.1 Å². The SMILES string of the molecule is CN1CCN(OC(=O)CCCO[N+](=O)[O-])CC1. The van der Waals surface area contributed by atoms with Crippen LogP contribution in [0.5, 0.6) is 0 Å². The lowest BCUT2D eigenvalue weighted by molar-refractivity contribution is -0.757. The lowest BCUT2D eigenvalue weighted by Gasteiger charge is -2.30. The van der Waals surface area contributed by atoms with Crippen LogP contribution in [-0.4, -0.2) is 60.9 Å². The first kappa shape index (κ1) is 13.7. The molecule has 0 bridgehead atoms. The molecule has 1 aliphatic rings. The minimum absolute atomic E-state index is 0.0785. The second kappa shape index (κ2) is 7.02. The van der Waals surface area contributed by atoms with Crippen LogP contribution in [0.3, 0.4) is 0 Å². The van der Waals surface area contributed by atoms with Gasteiger partial charge in [-0.15, -0.1) is 15.2 Å². The molecule has 0 radical (unpaired) electrons. The summed E-state index contributed by atoms with van der Waals surface area (Å²) in [7, 11) is 2.01. The van der Waals surface area contributed by atoms with Gasteiger partial charge in [-0.05, 0) is 13.5 Å². The quantitative estimate of drug-likeness (QED) is 0.361. The van der Waals surface area contributed by atoms with Crippen molar-refractivity contribution in [2.24, 2.45) is 0 Å². The fraction of sp³-hybridized carbons (Fsp3) is 0.889. The molecule has 0 aromatic carbocycles. The van der Waals surface area contributed by atoms with E-state index in [4.69, 9.17) is 4.84 Å². The summed E-state index contributed by atoms with van der Waals surface area (Å²) >= 11 is 0. The van der Waals surface area contributed by atoms with Gasteiger partial charge in [0.1, 0.15) is 0 Å². The summed E-state index contributed by atoms with van der Waals surface area (Å²) in [4.78, 5) is 32.5. The third kappa shape index (κ3) is 6.03. The van der Waals surface area contributed by atoms with E-state index in [9.17, 15) is 14.9 Å². The minimum Gasteiger partial charge on any atom is -0.368 e. The number of piperazine rings is 1. The molecule has 0 amide bonds. The average Bonchev–Trinajstić information content (AvgIpc) is 2.27. The summed E-state index contributed by atoms with van der Waals surface area (Å²) in [5.41, 5.74) is 0. The molecule has 8 heteroatoms.